The molecular formula is C16H30O10. The van der Waals surface area contributed by atoms with Gasteiger partial charge in [0, 0.05) is 12.5 Å². The maximum atomic E-state index is 10.4. The van der Waals surface area contributed by atoms with Crippen molar-refractivity contribution in [2.24, 2.45) is 5.92 Å². The highest BCUT2D eigenvalue weighted by molar-refractivity contribution is 4.96. The number of rotatable bonds is 6. The lowest BCUT2D eigenvalue weighted by molar-refractivity contribution is -0.331. The molecule has 10 nitrogen and oxygen atoms in total. The molecule has 26 heavy (non-hydrogen) atoms. The van der Waals surface area contributed by atoms with E-state index in [2.05, 4.69) is 0 Å². The molecule has 0 aromatic rings. The summed E-state index contributed by atoms with van der Waals surface area (Å²) in [5.74, 6) is -0.621. The van der Waals surface area contributed by atoms with Crippen LogP contribution in [0.1, 0.15) is 20.3 Å². The van der Waals surface area contributed by atoms with Gasteiger partial charge >= 0.3 is 0 Å². The van der Waals surface area contributed by atoms with E-state index in [4.69, 9.17) is 14.2 Å². The molecule has 2 rings (SSSR count). The molecule has 7 N–H and O–H groups in total. The second-order valence-electron chi connectivity index (χ2n) is 7.18. The molecule has 0 bridgehead atoms. The van der Waals surface area contributed by atoms with Crippen LogP contribution in [0.25, 0.3) is 0 Å². The number of aliphatic hydroxyl groups excluding tert-OH is 7. The van der Waals surface area contributed by atoms with Crippen molar-refractivity contribution < 1.29 is 50.0 Å². The van der Waals surface area contributed by atoms with Crippen LogP contribution in [0.15, 0.2) is 0 Å². The predicted molar refractivity (Wildman–Crippen MR) is 85.9 cm³/mol. The maximum absolute atomic E-state index is 10.4. The maximum Gasteiger partial charge on any atom is 0.187 e. The van der Waals surface area contributed by atoms with Crippen LogP contribution in [0.5, 0.6) is 0 Å². The Morgan fingerprint density at radius 2 is 1.54 bits per heavy atom. The van der Waals surface area contributed by atoms with Crippen molar-refractivity contribution in [1.29, 1.82) is 0 Å². The van der Waals surface area contributed by atoms with Gasteiger partial charge in [0.05, 0.1) is 24.9 Å². The lowest BCUT2D eigenvalue weighted by atomic mass is 9.80. The molecule has 2 aliphatic rings. The average Bonchev–Trinajstić information content (AvgIpc) is 2.60. The standard InChI is InChI=1S/C16H30O10/c1-6(2)24-8-3-7(4-17)15(13(22)10(8)19)26-16-14(23)12(21)11(20)9(5-18)25-16/h6-23H,3-5H2,1-2H3. The molecule has 0 spiro atoms. The Kier molecular flexibility index (Phi) is 7.74. The van der Waals surface area contributed by atoms with Gasteiger partial charge in [-0.1, -0.05) is 0 Å². The molecular weight excluding hydrogens is 352 g/mol. The third-order valence-corrected chi connectivity index (χ3v) is 4.89. The molecule has 1 saturated heterocycles. The van der Waals surface area contributed by atoms with Gasteiger partial charge in [0.25, 0.3) is 0 Å². The Bertz CT molecular complexity index is 431. The topological polar surface area (TPSA) is 169 Å². The van der Waals surface area contributed by atoms with Gasteiger partial charge in [0.15, 0.2) is 6.29 Å². The van der Waals surface area contributed by atoms with Crippen molar-refractivity contribution in [2.45, 2.75) is 81.5 Å². The lowest BCUT2D eigenvalue weighted by Gasteiger charge is -2.46. The summed E-state index contributed by atoms with van der Waals surface area (Å²) in [4.78, 5) is 0. The van der Waals surface area contributed by atoms with Crippen LogP contribution < -0.4 is 0 Å². The zero-order valence-corrected chi connectivity index (χ0v) is 14.8. The minimum atomic E-state index is -1.64. The molecule has 10 atom stereocenters. The quantitative estimate of drug-likeness (QED) is 0.247. The van der Waals surface area contributed by atoms with E-state index in [0.29, 0.717) is 0 Å². The van der Waals surface area contributed by atoms with Crippen LogP contribution in [-0.2, 0) is 14.2 Å². The smallest absolute Gasteiger partial charge is 0.187 e. The number of aliphatic hydroxyl groups is 7. The van der Waals surface area contributed by atoms with Gasteiger partial charge in [-0.15, -0.1) is 0 Å². The fraction of sp³-hybridized carbons (Fsp3) is 1.00. The molecule has 1 saturated carbocycles. The van der Waals surface area contributed by atoms with Crippen LogP contribution in [-0.4, -0.2) is 110 Å². The number of ether oxygens (including phenoxy) is 3. The first-order valence-corrected chi connectivity index (χ1v) is 8.79. The normalized spacial score (nSPS) is 47.3. The van der Waals surface area contributed by atoms with Crippen molar-refractivity contribution in [3.63, 3.8) is 0 Å². The molecule has 0 aromatic carbocycles. The second kappa shape index (κ2) is 9.20. The second-order valence-corrected chi connectivity index (χ2v) is 7.18. The van der Waals surface area contributed by atoms with Crippen LogP contribution in [0, 0.1) is 5.92 Å². The molecule has 1 heterocycles. The zero-order valence-electron chi connectivity index (χ0n) is 14.8. The molecule has 154 valence electrons. The van der Waals surface area contributed by atoms with E-state index >= 15 is 0 Å². The summed E-state index contributed by atoms with van der Waals surface area (Å²) in [5.41, 5.74) is 0. The Balaban J connectivity index is 2.11. The highest BCUT2D eigenvalue weighted by Crippen LogP contribution is 2.33. The van der Waals surface area contributed by atoms with E-state index in [1.165, 1.54) is 0 Å². The summed E-state index contributed by atoms with van der Waals surface area (Å²) in [6.45, 7) is 2.57. The largest absolute Gasteiger partial charge is 0.396 e. The van der Waals surface area contributed by atoms with Crippen molar-refractivity contribution >= 4 is 0 Å². The minimum absolute atomic E-state index is 0.191. The first-order chi connectivity index (χ1) is 12.2. The molecule has 1 aliphatic heterocycles. The van der Waals surface area contributed by atoms with Crippen molar-refractivity contribution in [3.8, 4) is 0 Å². The molecule has 10 heteroatoms. The molecule has 10 unspecified atom stereocenters. The minimum Gasteiger partial charge on any atom is -0.396 e. The Hall–Kier alpha value is -0.400. The van der Waals surface area contributed by atoms with E-state index in [-0.39, 0.29) is 19.1 Å². The van der Waals surface area contributed by atoms with Crippen molar-refractivity contribution in [2.75, 3.05) is 13.2 Å². The summed E-state index contributed by atoms with van der Waals surface area (Å²) >= 11 is 0. The Morgan fingerprint density at radius 3 is 2.08 bits per heavy atom. The average molecular weight is 382 g/mol. The van der Waals surface area contributed by atoms with Gasteiger partial charge in [-0.2, -0.15) is 0 Å². The zero-order chi connectivity index (χ0) is 19.6. The molecule has 1 aliphatic carbocycles. The number of hydrogen-bond acceptors (Lipinski definition) is 10. The van der Waals surface area contributed by atoms with Crippen molar-refractivity contribution in [3.05, 3.63) is 0 Å². The van der Waals surface area contributed by atoms with E-state index in [0.717, 1.165) is 0 Å². The highest BCUT2D eigenvalue weighted by atomic mass is 16.7. The molecule has 0 radical (unpaired) electrons. The summed E-state index contributed by atoms with van der Waals surface area (Å²) in [5, 5.41) is 69.3. The van der Waals surface area contributed by atoms with Crippen LogP contribution in [0.3, 0.4) is 0 Å². The van der Waals surface area contributed by atoms with Gasteiger partial charge in [0.2, 0.25) is 0 Å². The fourth-order valence-corrected chi connectivity index (χ4v) is 3.46. The molecule has 2 fully saturated rings. The summed E-state index contributed by atoms with van der Waals surface area (Å²) in [7, 11) is 0. The predicted octanol–water partition coefficient (Wildman–Crippen LogP) is -3.30. The highest BCUT2D eigenvalue weighted by Gasteiger charge is 2.50. The Morgan fingerprint density at radius 1 is 0.885 bits per heavy atom. The lowest BCUT2D eigenvalue weighted by Crippen LogP contribution is -2.63. The van der Waals surface area contributed by atoms with Gasteiger partial charge in [-0.25, -0.2) is 0 Å². The van der Waals surface area contributed by atoms with E-state index in [1.54, 1.807) is 13.8 Å². The third-order valence-electron chi connectivity index (χ3n) is 4.89. The van der Waals surface area contributed by atoms with Crippen LogP contribution in [0.2, 0.25) is 0 Å². The van der Waals surface area contributed by atoms with E-state index in [1.807, 2.05) is 0 Å². The van der Waals surface area contributed by atoms with E-state index in [9.17, 15) is 35.7 Å². The molecule has 0 amide bonds. The summed E-state index contributed by atoms with van der Waals surface area (Å²) < 4.78 is 16.4. The van der Waals surface area contributed by atoms with Crippen LogP contribution in [0.4, 0.5) is 0 Å². The third kappa shape index (κ3) is 4.53. The first-order valence-electron chi connectivity index (χ1n) is 8.79. The first kappa shape index (κ1) is 21.9. The summed E-state index contributed by atoms with van der Waals surface area (Å²) in [6, 6.07) is 0. The van der Waals surface area contributed by atoms with Crippen LogP contribution >= 0.6 is 0 Å². The monoisotopic (exact) mass is 382 g/mol. The number of hydrogen-bond donors (Lipinski definition) is 7. The SMILES string of the molecule is CC(C)OC1CC(CO)C(OC2OC(CO)C(O)C(O)C2O)C(O)C1O. The fourth-order valence-electron chi connectivity index (χ4n) is 3.46. The van der Waals surface area contributed by atoms with Gasteiger partial charge in [-0.05, 0) is 20.3 Å². The van der Waals surface area contributed by atoms with Gasteiger partial charge < -0.3 is 50.0 Å². The molecule has 0 aromatic heterocycles. The Labute approximate surface area is 151 Å². The van der Waals surface area contributed by atoms with E-state index < -0.39 is 67.6 Å². The van der Waals surface area contributed by atoms with Gasteiger partial charge in [0.1, 0.15) is 36.6 Å². The van der Waals surface area contributed by atoms with Crippen molar-refractivity contribution in [1.82, 2.24) is 0 Å². The van der Waals surface area contributed by atoms with Gasteiger partial charge in [-0.3, -0.25) is 0 Å². The summed E-state index contributed by atoms with van der Waals surface area (Å²) in [6.07, 6.45) is -11.9.